The van der Waals surface area contributed by atoms with Crippen molar-refractivity contribution in [3.8, 4) is 0 Å². The molecule has 1 aliphatic carbocycles. The van der Waals surface area contributed by atoms with Crippen LogP contribution in [0.4, 0.5) is 0 Å². The maximum absolute atomic E-state index is 14.5. The number of piperidine rings is 1. The maximum atomic E-state index is 14.5. The Bertz CT molecular complexity index is 1950. The monoisotopic (exact) mass is 1070 g/mol. The lowest BCUT2D eigenvalue weighted by molar-refractivity contribution is -0.265. The predicted molar refractivity (Wildman–Crippen MR) is 280 cm³/mol. The van der Waals surface area contributed by atoms with Gasteiger partial charge in [-0.3, -0.25) is 24.0 Å². The topological polar surface area (TPSA) is 192 Å². The number of cyclic esters (lactones) is 1. The van der Waals surface area contributed by atoms with Crippen molar-refractivity contribution in [3.05, 3.63) is 47.6 Å². The first-order valence-corrected chi connectivity index (χ1v) is 28.0. The number of methoxy groups -OCH3 is 2. The summed E-state index contributed by atoms with van der Waals surface area (Å²) in [6.07, 6.45) is 16.0. The quantitative estimate of drug-likeness (QED) is 0.0655. The minimum absolute atomic E-state index is 0.0641. The number of allylic oxidation sites excluding steroid dienone is 6. The minimum Gasteiger partial charge on any atom is -0.460 e. The standard InChI is InChI=1S/C57H88BrNO13/c1-35-19-13-11-14-20-36(2)48(68-9)33-44-25-23-41(7)57(67,72-44)54(64)55(65)59-28-18-16-21-45(59)56(66)71-49(34-46(60)37(3)30-40(6)53(63)42(8)52(62)39(5)29-35)38(4)31-43-24-26-47(50(32-43)69-10)70-51(61)22-15-12-17-27-58/h11,13-14,19-20,30,35,37-39,41-45,47-50,53,63,67H,12,15-18,21-29,31-34H2,1-10H3/b14-11+,19-13+,36-20+,40-30+/t35-,37-,38-,39-,41-,42+,43+,44+,45+,47-,48+,49+,50-,53-,57-/m1/s1. The number of ether oxygens (including phenoxy) is 5. The van der Waals surface area contributed by atoms with Crippen LogP contribution in [-0.4, -0.2) is 125 Å². The van der Waals surface area contributed by atoms with E-state index < -0.39 is 71.7 Å². The number of hydrogen-bond acceptors (Lipinski definition) is 13. The molecule has 3 heterocycles. The highest BCUT2D eigenvalue weighted by Crippen LogP contribution is 2.38. The van der Waals surface area contributed by atoms with E-state index in [4.69, 9.17) is 23.7 Å². The van der Waals surface area contributed by atoms with Crippen LogP contribution in [0, 0.1) is 41.4 Å². The van der Waals surface area contributed by atoms with Gasteiger partial charge in [0.1, 0.15) is 29.8 Å². The zero-order valence-corrected chi connectivity index (χ0v) is 46.6. The van der Waals surface area contributed by atoms with Crippen LogP contribution in [0.15, 0.2) is 47.6 Å². The van der Waals surface area contributed by atoms with Gasteiger partial charge in [0.25, 0.3) is 11.7 Å². The SMILES string of the molecule is CO[C@H]1C[C@@H]2CC[C@@H](C)[C@@](O)(O2)C(=O)C(=O)N2CCCC[C@H]2C(=O)O[C@H]([C@H](C)C[C@@H]2CC[C@@H](OC(=O)CCCCCBr)[C@H](OC)C2)CC(=O)[C@H](C)/C=C(\C)[C@@H](O)[C@@H](C)C(=O)[C@H](C)C[C@H](C)/C=C/C=C/C=C/1C. The number of ketones is 3. The molecule has 0 spiro atoms. The van der Waals surface area contributed by atoms with Crippen LogP contribution in [0.25, 0.3) is 0 Å². The molecule has 72 heavy (non-hydrogen) atoms. The third-order valence-corrected chi connectivity index (χ3v) is 16.4. The molecule has 3 aliphatic heterocycles. The van der Waals surface area contributed by atoms with Crippen molar-refractivity contribution in [1.29, 1.82) is 0 Å². The average molecular weight is 1080 g/mol. The number of alkyl halides is 1. The van der Waals surface area contributed by atoms with Gasteiger partial charge < -0.3 is 38.8 Å². The molecule has 0 unspecified atom stereocenters. The molecule has 4 aliphatic rings. The van der Waals surface area contributed by atoms with Crippen LogP contribution in [0.1, 0.15) is 158 Å². The number of nitrogens with zero attached hydrogens (tertiary/aromatic N) is 1. The van der Waals surface area contributed by atoms with E-state index >= 15 is 0 Å². The Balaban J connectivity index is 1.65. The lowest BCUT2D eigenvalue weighted by Gasteiger charge is -2.42. The molecule has 2 saturated heterocycles. The summed E-state index contributed by atoms with van der Waals surface area (Å²) in [5, 5.41) is 24.4. The van der Waals surface area contributed by atoms with Gasteiger partial charge in [0.05, 0.1) is 24.4 Å². The molecule has 1 saturated carbocycles. The molecule has 14 nitrogen and oxygen atoms in total. The van der Waals surface area contributed by atoms with E-state index in [1.54, 1.807) is 48.0 Å². The minimum atomic E-state index is -2.44. The van der Waals surface area contributed by atoms with Gasteiger partial charge in [0, 0.05) is 69.0 Å². The fourth-order valence-electron chi connectivity index (χ4n) is 11.1. The first-order chi connectivity index (χ1) is 34.1. The molecule has 15 heteroatoms. The summed E-state index contributed by atoms with van der Waals surface area (Å²) in [5.41, 5.74) is 1.37. The number of hydrogen-bond donors (Lipinski definition) is 2. The van der Waals surface area contributed by atoms with E-state index in [2.05, 4.69) is 15.9 Å². The smallest absolute Gasteiger partial charge is 0.329 e. The second-order valence-electron chi connectivity index (χ2n) is 21.7. The summed E-state index contributed by atoms with van der Waals surface area (Å²) < 4.78 is 30.1. The Kier molecular flexibility index (Phi) is 25.2. The van der Waals surface area contributed by atoms with E-state index in [1.165, 1.54) is 4.90 Å². The number of aliphatic hydroxyl groups excluding tert-OH is 1. The third-order valence-electron chi connectivity index (χ3n) is 15.9. The Morgan fingerprint density at radius 2 is 1.61 bits per heavy atom. The van der Waals surface area contributed by atoms with Gasteiger partial charge in [0.15, 0.2) is 0 Å². The Labute approximate surface area is 438 Å². The first-order valence-electron chi connectivity index (χ1n) is 26.9. The number of rotatable bonds is 11. The third kappa shape index (κ3) is 17.4. The summed E-state index contributed by atoms with van der Waals surface area (Å²) in [5.74, 6) is -8.59. The van der Waals surface area contributed by atoms with Crippen LogP contribution in [0.3, 0.4) is 0 Å². The largest absolute Gasteiger partial charge is 0.460 e. The fourth-order valence-corrected chi connectivity index (χ4v) is 11.5. The van der Waals surface area contributed by atoms with Gasteiger partial charge in [-0.2, -0.15) is 0 Å². The fraction of sp³-hybridized carbons (Fsp3) is 0.754. The summed E-state index contributed by atoms with van der Waals surface area (Å²) in [6.45, 7) is 14.7. The highest BCUT2D eigenvalue weighted by atomic mass is 79.9. The Hall–Kier alpha value is -3.34. The molecule has 2 N–H and O–H groups in total. The van der Waals surface area contributed by atoms with E-state index in [9.17, 15) is 39.0 Å². The molecule has 2 bridgehead atoms. The number of carbonyl (C=O) groups excluding carboxylic acids is 6. The van der Waals surface area contributed by atoms with Crippen molar-refractivity contribution in [2.24, 2.45) is 41.4 Å². The average Bonchev–Trinajstić information content (AvgIpc) is 3.36. The van der Waals surface area contributed by atoms with Gasteiger partial charge in [-0.15, -0.1) is 0 Å². The van der Waals surface area contributed by atoms with Crippen molar-refractivity contribution in [2.75, 3.05) is 26.1 Å². The number of unbranched alkanes of at least 4 members (excludes halogenated alkanes) is 2. The van der Waals surface area contributed by atoms with Crippen LogP contribution in [0.5, 0.6) is 0 Å². The van der Waals surface area contributed by atoms with Crippen molar-refractivity contribution in [3.63, 3.8) is 0 Å². The molecule has 0 aromatic carbocycles. The molecule has 4 rings (SSSR count). The summed E-state index contributed by atoms with van der Waals surface area (Å²) in [4.78, 5) is 85.1. The summed E-state index contributed by atoms with van der Waals surface area (Å²) >= 11 is 3.43. The van der Waals surface area contributed by atoms with Crippen LogP contribution in [0.2, 0.25) is 0 Å². The molecular formula is C57H88BrNO13. The molecule has 0 radical (unpaired) electrons. The summed E-state index contributed by atoms with van der Waals surface area (Å²) in [7, 11) is 3.19. The molecular weight excluding hydrogens is 987 g/mol. The van der Waals surface area contributed by atoms with Crippen molar-refractivity contribution in [2.45, 2.75) is 207 Å². The van der Waals surface area contributed by atoms with E-state index in [0.29, 0.717) is 69.8 Å². The second kappa shape index (κ2) is 29.7. The highest BCUT2D eigenvalue weighted by molar-refractivity contribution is 9.09. The molecule has 3 fully saturated rings. The van der Waals surface area contributed by atoms with Gasteiger partial charge >= 0.3 is 11.9 Å². The number of aliphatic hydroxyl groups is 2. The maximum Gasteiger partial charge on any atom is 0.329 e. The van der Waals surface area contributed by atoms with Crippen molar-refractivity contribution >= 4 is 51.1 Å². The van der Waals surface area contributed by atoms with Crippen LogP contribution in [-0.2, 0) is 52.5 Å². The molecule has 1 amide bonds. The highest BCUT2D eigenvalue weighted by Gasteiger charge is 2.53. The second-order valence-corrected chi connectivity index (χ2v) is 22.5. The normalized spacial score (nSPS) is 37.5. The number of esters is 2. The zero-order valence-electron chi connectivity index (χ0n) is 45.0. The van der Waals surface area contributed by atoms with Crippen LogP contribution < -0.4 is 0 Å². The van der Waals surface area contributed by atoms with Gasteiger partial charge in [-0.25, -0.2) is 4.79 Å². The van der Waals surface area contributed by atoms with Crippen molar-refractivity contribution < 1.29 is 62.7 Å². The number of amides is 1. The molecule has 0 aromatic rings. The van der Waals surface area contributed by atoms with Crippen LogP contribution >= 0.6 is 15.9 Å². The van der Waals surface area contributed by atoms with Gasteiger partial charge in [-0.05, 0) is 120 Å². The number of Topliss-reactive ketones (excluding diaryl/α,β-unsaturated/α-hetero) is 3. The number of fused-ring (bicyclic) bond motifs is 3. The van der Waals surface area contributed by atoms with Gasteiger partial charge in [-0.1, -0.05) is 100 Å². The van der Waals surface area contributed by atoms with E-state index in [1.807, 2.05) is 58.1 Å². The Morgan fingerprint density at radius 3 is 2.31 bits per heavy atom. The zero-order chi connectivity index (χ0) is 53.3. The lowest BCUT2D eigenvalue weighted by atomic mass is 9.78. The lowest BCUT2D eigenvalue weighted by Crippen LogP contribution is -2.61. The molecule has 406 valence electrons. The Morgan fingerprint density at radius 1 is 0.875 bits per heavy atom. The molecule has 15 atom stereocenters. The van der Waals surface area contributed by atoms with E-state index in [-0.39, 0.29) is 72.8 Å². The number of carbonyl (C=O) groups is 6. The number of halogens is 1. The summed E-state index contributed by atoms with van der Waals surface area (Å²) in [6, 6.07) is -1.15. The van der Waals surface area contributed by atoms with E-state index in [0.717, 1.165) is 36.6 Å². The van der Waals surface area contributed by atoms with Crippen molar-refractivity contribution in [1.82, 2.24) is 4.90 Å². The predicted octanol–water partition coefficient (Wildman–Crippen LogP) is 9.31. The first kappa shape index (κ1) is 61.2. The molecule has 0 aromatic heterocycles. The van der Waals surface area contributed by atoms with Gasteiger partial charge in [0.2, 0.25) is 5.79 Å².